The van der Waals surface area contributed by atoms with Crippen molar-refractivity contribution < 1.29 is 0 Å². The largest absolute Gasteiger partial charge is 0.293 e. The van der Waals surface area contributed by atoms with E-state index in [4.69, 9.17) is 19.9 Å². The average Bonchev–Trinajstić information content (AvgIpc) is 3.88. The number of benzene rings is 7. The molecule has 7 aromatic carbocycles. The fourth-order valence-corrected chi connectivity index (χ4v) is 9.00. The van der Waals surface area contributed by atoms with Crippen molar-refractivity contribution in [1.82, 2.24) is 29.1 Å². The van der Waals surface area contributed by atoms with E-state index in [-0.39, 0.29) is 0 Å². The molecule has 0 N–H and O–H groups in total. The average molecular weight is 793 g/mol. The van der Waals surface area contributed by atoms with E-state index >= 15 is 0 Å². The van der Waals surface area contributed by atoms with E-state index in [1.165, 1.54) is 0 Å². The van der Waals surface area contributed by atoms with Crippen LogP contribution in [0.1, 0.15) is 0 Å². The molecule has 0 aliphatic rings. The van der Waals surface area contributed by atoms with Gasteiger partial charge in [0, 0.05) is 49.4 Å². The van der Waals surface area contributed by atoms with Gasteiger partial charge in [-0.25, -0.2) is 19.9 Å². The van der Waals surface area contributed by atoms with Crippen molar-refractivity contribution in [1.29, 1.82) is 0 Å². The third-order valence-electron chi connectivity index (χ3n) is 11.8. The molecule has 62 heavy (non-hydrogen) atoms. The van der Waals surface area contributed by atoms with Gasteiger partial charge >= 0.3 is 0 Å². The van der Waals surface area contributed by atoms with E-state index in [9.17, 15) is 0 Å². The van der Waals surface area contributed by atoms with Crippen molar-refractivity contribution in [2.45, 2.75) is 0 Å². The smallest absolute Gasteiger partial charge is 0.160 e. The SMILES string of the molecule is c1ccc(-c2cccc(-n3c4ccccc4c4cccc(-c5cc(-c6cccc7c8ccccc8n(-c8cccc(-c9ccccc9)n8)c67)nc(-c6ccccc6)n5)c43)n2)cc1. The zero-order chi connectivity index (χ0) is 41.0. The van der Waals surface area contributed by atoms with E-state index in [0.717, 1.165) is 106 Å². The first-order chi connectivity index (χ1) is 30.8. The van der Waals surface area contributed by atoms with Gasteiger partial charge in [-0.2, -0.15) is 0 Å². The molecule has 0 atom stereocenters. The highest BCUT2D eigenvalue weighted by Gasteiger charge is 2.22. The molecule has 0 spiro atoms. The summed E-state index contributed by atoms with van der Waals surface area (Å²) < 4.78 is 4.58. The number of fused-ring (bicyclic) bond motifs is 6. The molecule has 0 radical (unpaired) electrons. The zero-order valence-electron chi connectivity index (χ0n) is 33.5. The van der Waals surface area contributed by atoms with Gasteiger partial charge in [-0.05, 0) is 42.5 Å². The molecule has 5 aromatic heterocycles. The summed E-state index contributed by atoms with van der Waals surface area (Å²) in [4.78, 5) is 21.4. The fourth-order valence-electron chi connectivity index (χ4n) is 9.00. The van der Waals surface area contributed by atoms with Crippen LogP contribution in [0.5, 0.6) is 0 Å². The van der Waals surface area contributed by atoms with Crippen molar-refractivity contribution in [3.8, 4) is 68.1 Å². The van der Waals surface area contributed by atoms with Gasteiger partial charge in [-0.3, -0.25) is 9.13 Å². The molecule has 12 aromatic rings. The predicted molar refractivity (Wildman–Crippen MR) is 253 cm³/mol. The van der Waals surface area contributed by atoms with E-state index in [0.29, 0.717) is 5.82 Å². The molecular formula is C56H36N6. The highest BCUT2D eigenvalue weighted by atomic mass is 15.1. The molecule has 6 nitrogen and oxygen atoms in total. The second-order valence-corrected chi connectivity index (χ2v) is 15.4. The quantitative estimate of drug-likeness (QED) is 0.161. The van der Waals surface area contributed by atoms with Crippen molar-refractivity contribution in [3.63, 3.8) is 0 Å². The summed E-state index contributed by atoms with van der Waals surface area (Å²) in [5.74, 6) is 2.31. The molecule has 290 valence electrons. The number of nitrogens with zero attached hydrogens (tertiary/aromatic N) is 6. The lowest BCUT2D eigenvalue weighted by atomic mass is 10.0. The highest BCUT2D eigenvalue weighted by molar-refractivity contribution is 6.15. The van der Waals surface area contributed by atoms with Crippen LogP contribution >= 0.6 is 0 Å². The normalized spacial score (nSPS) is 11.5. The first-order valence-corrected chi connectivity index (χ1v) is 20.8. The number of pyridine rings is 2. The summed E-state index contributed by atoms with van der Waals surface area (Å²) >= 11 is 0. The fraction of sp³-hybridized carbons (Fsp3) is 0. The van der Waals surface area contributed by atoms with Crippen LogP contribution in [0.15, 0.2) is 218 Å². The van der Waals surface area contributed by atoms with Crippen LogP contribution in [-0.4, -0.2) is 29.1 Å². The second kappa shape index (κ2) is 14.7. The maximum atomic E-state index is 5.40. The van der Waals surface area contributed by atoms with Crippen LogP contribution in [0.3, 0.4) is 0 Å². The van der Waals surface area contributed by atoms with Crippen LogP contribution in [0, 0.1) is 0 Å². The van der Waals surface area contributed by atoms with Crippen LogP contribution in [0.2, 0.25) is 0 Å². The maximum Gasteiger partial charge on any atom is 0.160 e. The topological polar surface area (TPSA) is 61.4 Å². The van der Waals surface area contributed by atoms with Crippen molar-refractivity contribution >= 4 is 43.6 Å². The molecule has 0 amide bonds. The van der Waals surface area contributed by atoms with Crippen LogP contribution < -0.4 is 0 Å². The monoisotopic (exact) mass is 792 g/mol. The first-order valence-electron chi connectivity index (χ1n) is 20.8. The Morgan fingerprint density at radius 3 is 1.13 bits per heavy atom. The molecule has 0 aliphatic heterocycles. The van der Waals surface area contributed by atoms with Crippen molar-refractivity contribution in [2.75, 3.05) is 0 Å². The molecule has 6 heteroatoms. The van der Waals surface area contributed by atoms with Gasteiger partial charge < -0.3 is 0 Å². The molecule has 0 aliphatic carbocycles. The maximum absolute atomic E-state index is 5.40. The molecule has 0 bridgehead atoms. The minimum Gasteiger partial charge on any atom is -0.293 e. The molecular weight excluding hydrogens is 757 g/mol. The number of rotatable bonds is 7. The Morgan fingerprint density at radius 2 is 0.661 bits per heavy atom. The standard InChI is InChI=1S/C56H36N6/c1-4-18-37(19-5-1)46-30-16-34-52(57-46)61-50-32-12-10-24-40(50)42-26-14-28-44(54(42)61)48-36-49(60-56(59-48)39-22-8-3-9-23-39)45-29-15-27-43-41-25-11-13-33-51(41)62(55(43)45)53-35-17-31-47(58-53)38-20-6-2-7-21-38/h1-36H. The molecule has 0 unspecified atom stereocenters. The summed E-state index contributed by atoms with van der Waals surface area (Å²) in [5, 5.41) is 4.54. The second-order valence-electron chi connectivity index (χ2n) is 15.4. The third kappa shape index (κ3) is 5.88. The van der Waals surface area contributed by atoms with Crippen LogP contribution in [-0.2, 0) is 0 Å². The summed E-state index contributed by atoms with van der Waals surface area (Å²) in [6, 6.07) is 75.8. The van der Waals surface area contributed by atoms with Crippen LogP contribution in [0.25, 0.3) is 112 Å². The Hall–Kier alpha value is -8.48. The minimum atomic E-state index is 0.644. The summed E-state index contributed by atoms with van der Waals surface area (Å²) in [6.07, 6.45) is 0. The lowest BCUT2D eigenvalue weighted by Gasteiger charge is -2.15. The Balaban J connectivity index is 1.13. The van der Waals surface area contributed by atoms with Crippen molar-refractivity contribution in [3.05, 3.63) is 218 Å². The summed E-state index contributed by atoms with van der Waals surface area (Å²) in [5.41, 5.74) is 12.7. The van der Waals surface area contributed by atoms with Gasteiger partial charge in [-0.1, -0.05) is 176 Å². The Labute approximate surface area is 357 Å². The van der Waals surface area contributed by atoms with E-state index < -0.39 is 0 Å². The van der Waals surface area contributed by atoms with E-state index in [1.807, 2.05) is 30.3 Å². The summed E-state index contributed by atoms with van der Waals surface area (Å²) in [6.45, 7) is 0. The zero-order valence-corrected chi connectivity index (χ0v) is 33.5. The van der Waals surface area contributed by atoms with Gasteiger partial charge in [0.15, 0.2) is 5.82 Å². The molecule has 12 rings (SSSR count). The van der Waals surface area contributed by atoms with Gasteiger partial charge in [0.1, 0.15) is 11.6 Å². The Morgan fingerprint density at radius 1 is 0.274 bits per heavy atom. The van der Waals surface area contributed by atoms with Gasteiger partial charge in [0.25, 0.3) is 0 Å². The van der Waals surface area contributed by atoms with E-state index in [2.05, 4.69) is 197 Å². The van der Waals surface area contributed by atoms with Crippen LogP contribution in [0.4, 0.5) is 0 Å². The Kier molecular flexibility index (Phi) is 8.38. The molecule has 5 heterocycles. The Bertz CT molecular complexity index is 3410. The predicted octanol–water partition coefficient (Wildman–Crippen LogP) is 13.8. The van der Waals surface area contributed by atoms with Crippen molar-refractivity contribution in [2.24, 2.45) is 0 Å². The van der Waals surface area contributed by atoms with Gasteiger partial charge in [0.05, 0.1) is 44.8 Å². The first kappa shape index (κ1) is 35.5. The van der Waals surface area contributed by atoms with Gasteiger partial charge in [0.2, 0.25) is 0 Å². The summed E-state index contributed by atoms with van der Waals surface area (Å²) in [7, 11) is 0. The number of hydrogen-bond acceptors (Lipinski definition) is 4. The lowest BCUT2D eigenvalue weighted by molar-refractivity contribution is 1.08. The highest BCUT2D eigenvalue weighted by Crippen LogP contribution is 2.42. The van der Waals surface area contributed by atoms with Gasteiger partial charge in [-0.15, -0.1) is 0 Å². The minimum absolute atomic E-state index is 0.644. The number of aromatic nitrogens is 6. The number of hydrogen-bond donors (Lipinski definition) is 0. The van der Waals surface area contributed by atoms with E-state index in [1.54, 1.807) is 0 Å². The lowest BCUT2D eigenvalue weighted by Crippen LogP contribution is -2.02. The molecule has 0 fully saturated rings. The molecule has 0 saturated carbocycles. The number of para-hydroxylation sites is 4. The molecule has 0 saturated heterocycles. The third-order valence-corrected chi connectivity index (χ3v) is 11.8.